The zero-order valence-corrected chi connectivity index (χ0v) is 8.42. The number of carbonyl (C=O) groups is 1. The number of ether oxygens (including phenoxy) is 1. The first-order valence-corrected chi connectivity index (χ1v) is 4.72. The molecular weight excluding hydrogens is 208 g/mol. The van der Waals surface area contributed by atoms with E-state index < -0.39 is 6.09 Å². The zero-order chi connectivity index (χ0) is 11.2. The first kappa shape index (κ1) is 10.2. The van der Waals surface area contributed by atoms with Crippen LogP contribution in [0.1, 0.15) is 5.89 Å². The van der Waals surface area contributed by atoms with Gasteiger partial charge < -0.3 is 9.15 Å². The van der Waals surface area contributed by atoms with Gasteiger partial charge in [-0.1, -0.05) is 18.2 Å². The average Bonchev–Trinajstić information content (AvgIpc) is 2.81. The normalized spacial score (nSPS) is 9.75. The molecule has 5 nitrogen and oxygen atoms in total. The van der Waals surface area contributed by atoms with Crippen LogP contribution in [0.3, 0.4) is 0 Å². The summed E-state index contributed by atoms with van der Waals surface area (Å²) in [6, 6.07) is 9.05. The molecular formula is C11H10N2O3. The van der Waals surface area contributed by atoms with E-state index >= 15 is 0 Å². The topological polar surface area (TPSA) is 64.4 Å². The van der Waals surface area contributed by atoms with Gasteiger partial charge in [-0.25, -0.2) is 9.78 Å². The minimum atomic E-state index is -0.538. The van der Waals surface area contributed by atoms with Gasteiger partial charge in [-0.2, -0.15) is 0 Å². The van der Waals surface area contributed by atoms with Crippen molar-refractivity contribution in [3.05, 3.63) is 48.7 Å². The molecule has 0 bridgehead atoms. The Morgan fingerprint density at radius 2 is 2.19 bits per heavy atom. The lowest BCUT2D eigenvalue weighted by molar-refractivity contribution is 0.143. The van der Waals surface area contributed by atoms with Crippen LogP contribution in [0, 0.1) is 0 Å². The van der Waals surface area contributed by atoms with Crippen molar-refractivity contribution < 1.29 is 13.9 Å². The highest BCUT2D eigenvalue weighted by Crippen LogP contribution is 2.06. The first-order valence-electron chi connectivity index (χ1n) is 4.72. The number of anilines is 1. The molecule has 16 heavy (non-hydrogen) atoms. The van der Waals surface area contributed by atoms with Gasteiger partial charge in [0.25, 0.3) is 0 Å². The second kappa shape index (κ2) is 4.97. The van der Waals surface area contributed by atoms with Gasteiger partial charge in [0, 0.05) is 5.69 Å². The van der Waals surface area contributed by atoms with E-state index in [0.717, 1.165) is 0 Å². The molecule has 0 saturated heterocycles. The SMILES string of the molecule is O=C(Nc1ccccc1)OCc1ncco1. The molecule has 1 aromatic heterocycles. The molecule has 0 radical (unpaired) electrons. The van der Waals surface area contributed by atoms with Crippen LogP contribution in [0.5, 0.6) is 0 Å². The van der Waals surface area contributed by atoms with Gasteiger partial charge in [-0.05, 0) is 12.1 Å². The molecule has 0 atom stereocenters. The fourth-order valence-corrected chi connectivity index (χ4v) is 1.13. The number of aromatic nitrogens is 1. The van der Waals surface area contributed by atoms with E-state index in [1.54, 1.807) is 12.1 Å². The maximum Gasteiger partial charge on any atom is 0.412 e. The summed E-state index contributed by atoms with van der Waals surface area (Å²) in [4.78, 5) is 15.1. The fourth-order valence-electron chi connectivity index (χ4n) is 1.13. The summed E-state index contributed by atoms with van der Waals surface area (Å²) < 4.78 is 9.80. The molecule has 0 aliphatic carbocycles. The molecule has 1 amide bonds. The van der Waals surface area contributed by atoms with Gasteiger partial charge in [0.15, 0.2) is 6.61 Å². The van der Waals surface area contributed by atoms with Crippen LogP contribution >= 0.6 is 0 Å². The van der Waals surface area contributed by atoms with Crippen molar-refractivity contribution in [2.24, 2.45) is 0 Å². The lowest BCUT2D eigenvalue weighted by Gasteiger charge is -2.04. The number of carbonyl (C=O) groups excluding carboxylic acids is 1. The Bertz CT molecular complexity index is 440. The van der Waals surface area contributed by atoms with E-state index in [9.17, 15) is 4.79 Å². The van der Waals surface area contributed by atoms with Crippen molar-refractivity contribution in [3.63, 3.8) is 0 Å². The number of hydrogen-bond acceptors (Lipinski definition) is 4. The van der Waals surface area contributed by atoms with Crippen LogP contribution in [0.25, 0.3) is 0 Å². The van der Waals surface area contributed by atoms with Gasteiger partial charge in [0.2, 0.25) is 5.89 Å². The third-order valence-electron chi connectivity index (χ3n) is 1.83. The summed E-state index contributed by atoms with van der Waals surface area (Å²) in [6.07, 6.45) is 2.38. The van der Waals surface area contributed by atoms with Crippen molar-refractivity contribution in [2.45, 2.75) is 6.61 Å². The predicted molar refractivity (Wildman–Crippen MR) is 56.8 cm³/mol. The summed E-state index contributed by atoms with van der Waals surface area (Å²) in [5.41, 5.74) is 0.680. The number of para-hydroxylation sites is 1. The Morgan fingerprint density at radius 3 is 2.88 bits per heavy atom. The highest BCUT2D eigenvalue weighted by molar-refractivity contribution is 5.84. The second-order valence-corrected chi connectivity index (χ2v) is 2.99. The molecule has 1 N–H and O–H groups in total. The Kier molecular flexibility index (Phi) is 3.18. The van der Waals surface area contributed by atoms with Crippen molar-refractivity contribution in [3.8, 4) is 0 Å². The monoisotopic (exact) mass is 218 g/mol. The van der Waals surface area contributed by atoms with Crippen molar-refractivity contribution >= 4 is 11.8 Å². The number of rotatable bonds is 3. The maximum absolute atomic E-state index is 11.3. The van der Waals surface area contributed by atoms with E-state index in [2.05, 4.69) is 10.3 Å². The number of benzene rings is 1. The molecule has 2 aromatic rings. The molecule has 0 aliphatic rings. The molecule has 82 valence electrons. The lowest BCUT2D eigenvalue weighted by Crippen LogP contribution is -2.13. The summed E-state index contributed by atoms with van der Waals surface area (Å²) in [6.45, 7) is 0.0195. The van der Waals surface area contributed by atoms with E-state index in [-0.39, 0.29) is 6.61 Å². The van der Waals surface area contributed by atoms with Crippen LogP contribution in [0.15, 0.2) is 47.2 Å². The number of hydrogen-bond donors (Lipinski definition) is 1. The predicted octanol–water partition coefficient (Wildman–Crippen LogP) is 2.42. The van der Waals surface area contributed by atoms with Crippen LogP contribution in [0.2, 0.25) is 0 Å². The molecule has 1 heterocycles. The molecule has 0 aliphatic heterocycles. The maximum atomic E-state index is 11.3. The molecule has 2 rings (SSSR count). The third kappa shape index (κ3) is 2.84. The number of oxazole rings is 1. The molecule has 1 aromatic carbocycles. The van der Waals surface area contributed by atoms with Crippen LogP contribution < -0.4 is 5.32 Å². The number of amides is 1. The number of nitrogens with one attached hydrogen (secondary N) is 1. The molecule has 0 unspecified atom stereocenters. The van der Waals surface area contributed by atoms with E-state index in [4.69, 9.17) is 9.15 Å². The smallest absolute Gasteiger partial charge is 0.412 e. The summed E-state index contributed by atoms with van der Waals surface area (Å²) in [5.74, 6) is 0.364. The van der Waals surface area contributed by atoms with Gasteiger partial charge in [0.05, 0.1) is 6.20 Å². The van der Waals surface area contributed by atoms with Crippen molar-refractivity contribution in [1.82, 2.24) is 4.98 Å². The van der Waals surface area contributed by atoms with Crippen molar-refractivity contribution in [2.75, 3.05) is 5.32 Å². The highest BCUT2D eigenvalue weighted by Gasteiger charge is 2.04. The molecule has 0 spiro atoms. The standard InChI is InChI=1S/C11H10N2O3/c14-11(13-9-4-2-1-3-5-9)16-8-10-12-6-7-15-10/h1-7H,8H2,(H,13,14). The third-order valence-corrected chi connectivity index (χ3v) is 1.83. The Hall–Kier alpha value is -2.30. The minimum Gasteiger partial charge on any atom is -0.446 e. The summed E-state index contributed by atoms with van der Waals surface area (Å²) in [7, 11) is 0. The lowest BCUT2D eigenvalue weighted by atomic mass is 10.3. The minimum absolute atomic E-state index is 0.0195. The van der Waals surface area contributed by atoms with Crippen LogP contribution in [-0.4, -0.2) is 11.1 Å². The summed E-state index contributed by atoms with van der Waals surface area (Å²) in [5, 5.41) is 2.57. The highest BCUT2D eigenvalue weighted by atomic mass is 16.6. The van der Waals surface area contributed by atoms with Crippen LogP contribution in [0.4, 0.5) is 10.5 Å². The van der Waals surface area contributed by atoms with E-state index in [1.165, 1.54) is 12.5 Å². The van der Waals surface area contributed by atoms with Crippen LogP contribution in [-0.2, 0) is 11.3 Å². The number of nitrogens with zero attached hydrogens (tertiary/aromatic N) is 1. The van der Waals surface area contributed by atoms with Gasteiger partial charge in [-0.3, -0.25) is 5.32 Å². The van der Waals surface area contributed by atoms with Gasteiger partial charge in [-0.15, -0.1) is 0 Å². The van der Waals surface area contributed by atoms with E-state index in [0.29, 0.717) is 11.6 Å². The largest absolute Gasteiger partial charge is 0.446 e. The molecule has 0 fully saturated rings. The van der Waals surface area contributed by atoms with Crippen molar-refractivity contribution in [1.29, 1.82) is 0 Å². The summed E-state index contributed by atoms with van der Waals surface area (Å²) >= 11 is 0. The quantitative estimate of drug-likeness (QED) is 0.859. The second-order valence-electron chi connectivity index (χ2n) is 2.99. The Labute approximate surface area is 92.1 Å². The first-order chi connectivity index (χ1) is 7.84. The Morgan fingerprint density at radius 1 is 1.38 bits per heavy atom. The zero-order valence-electron chi connectivity index (χ0n) is 8.42. The average molecular weight is 218 g/mol. The molecule has 5 heteroatoms. The fraction of sp³-hybridized carbons (Fsp3) is 0.0909. The van der Waals surface area contributed by atoms with Gasteiger partial charge in [0.1, 0.15) is 6.26 Å². The van der Waals surface area contributed by atoms with Gasteiger partial charge >= 0.3 is 6.09 Å². The van der Waals surface area contributed by atoms with E-state index in [1.807, 2.05) is 18.2 Å². The Balaban J connectivity index is 1.81. The molecule has 0 saturated carbocycles.